The van der Waals surface area contributed by atoms with Crippen molar-refractivity contribution in [3.8, 4) is 0 Å². The average Bonchev–Trinajstić information content (AvgIpc) is 2.45. The van der Waals surface area contributed by atoms with Gasteiger partial charge in [-0.05, 0) is 51.9 Å². The first-order chi connectivity index (χ1) is 11.1. The van der Waals surface area contributed by atoms with Crippen molar-refractivity contribution >= 4 is 0 Å². The second-order valence-corrected chi connectivity index (χ2v) is 7.96. The van der Waals surface area contributed by atoms with E-state index in [0.29, 0.717) is 18.8 Å². The fourth-order valence-electron chi connectivity index (χ4n) is 3.04. The van der Waals surface area contributed by atoms with Crippen molar-refractivity contribution in [3.05, 3.63) is 36.0 Å². The van der Waals surface area contributed by atoms with Gasteiger partial charge in [-0.1, -0.05) is 49.8 Å². The molecular formula is C20H34O4. The maximum absolute atomic E-state index is 10.5. The van der Waals surface area contributed by atoms with E-state index in [2.05, 4.69) is 13.8 Å². The fraction of sp³-hybridized carbons (Fsp3) is 0.700. The molecule has 1 rings (SSSR count). The predicted octanol–water partition coefficient (Wildman–Crippen LogP) is 4.25. The molecule has 0 aromatic rings. The van der Waals surface area contributed by atoms with Gasteiger partial charge < -0.3 is 10.2 Å². The van der Waals surface area contributed by atoms with E-state index in [1.165, 1.54) is 0 Å². The van der Waals surface area contributed by atoms with Gasteiger partial charge in [0.05, 0.1) is 11.7 Å². The second-order valence-electron chi connectivity index (χ2n) is 7.96. The van der Waals surface area contributed by atoms with Gasteiger partial charge in [-0.15, -0.1) is 0 Å². The highest BCUT2D eigenvalue weighted by atomic mass is 17.1. The van der Waals surface area contributed by atoms with Crippen molar-refractivity contribution in [3.63, 3.8) is 0 Å². The van der Waals surface area contributed by atoms with Crippen LogP contribution in [0, 0.1) is 11.8 Å². The van der Waals surface area contributed by atoms with Crippen molar-refractivity contribution in [1.29, 1.82) is 0 Å². The van der Waals surface area contributed by atoms with Crippen LogP contribution < -0.4 is 0 Å². The third-order valence-electron chi connectivity index (χ3n) is 4.75. The van der Waals surface area contributed by atoms with Crippen LogP contribution in [0.4, 0.5) is 0 Å². The number of rotatable bonds is 2. The van der Waals surface area contributed by atoms with Crippen molar-refractivity contribution in [2.45, 2.75) is 77.6 Å². The Kier molecular flexibility index (Phi) is 7.87. The van der Waals surface area contributed by atoms with Crippen molar-refractivity contribution < 1.29 is 20.4 Å². The zero-order valence-electron chi connectivity index (χ0n) is 15.7. The van der Waals surface area contributed by atoms with Crippen LogP contribution in [0.2, 0.25) is 0 Å². The van der Waals surface area contributed by atoms with Gasteiger partial charge >= 0.3 is 0 Å². The smallest absolute Gasteiger partial charge is 0.119 e. The molecule has 0 aromatic heterocycles. The molecule has 0 radical (unpaired) electrons. The first-order valence-electron chi connectivity index (χ1n) is 8.84. The van der Waals surface area contributed by atoms with Gasteiger partial charge in [0, 0.05) is 6.42 Å². The Hall–Kier alpha value is -0.940. The predicted molar refractivity (Wildman–Crippen MR) is 97.6 cm³/mol. The number of allylic oxidation sites excluding steroid dienone is 3. The molecule has 0 amide bonds. The minimum atomic E-state index is -1.06. The summed E-state index contributed by atoms with van der Waals surface area (Å²) in [7, 11) is 0. The minimum absolute atomic E-state index is 0.261. The molecule has 24 heavy (non-hydrogen) atoms. The monoisotopic (exact) mass is 338 g/mol. The molecule has 3 N–H and O–H groups in total. The van der Waals surface area contributed by atoms with Crippen molar-refractivity contribution in [1.82, 2.24) is 0 Å². The molecule has 0 spiro atoms. The first kappa shape index (κ1) is 21.1. The summed E-state index contributed by atoms with van der Waals surface area (Å²) in [5, 5.41) is 30.0. The summed E-state index contributed by atoms with van der Waals surface area (Å²) in [6.07, 6.45) is 11.2. The molecular weight excluding hydrogens is 304 g/mol. The zero-order valence-corrected chi connectivity index (χ0v) is 15.7. The van der Waals surface area contributed by atoms with Crippen LogP contribution in [-0.2, 0) is 4.89 Å². The van der Waals surface area contributed by atoms with E-state index in [0.717, 1.165) is 12.0 Å². The van der Waals surface area contributed by atoms with E-state index in [4.69, 9.17) is 4.89 Å². The molecule has 0 unspecified atom stereocenters. The van der Waals surface area contributed by atoms with Gasteiger partial charge in [0.15, 0.2) is 0 Å². The zero-order chi connectivity index (χ0) is 18.4. The summed E-state index contributed by atoms with van der Waals surface area (Å²) in [5.74, 6) is 0.667. The Bertz CT molecular complexity index is 476. The number of hydrogen-bond acceptors (Lipinski definition) is 4. The van der Waals surface area contributed by atoms with Crippen LogP contribution in [0.25, 0.3) is 0 Å². The van der Waals surface area contributed by atoms with Crippen LogP contribution in [-0.4, -0.2) is 32.8 Å². The first-order valence-corrected chi connectivity index (χ1v) is 8.84. The van der Waals surface area contributed by atoms with E-state index < -0.39 is 17.3 Å². The summed E-state index contributed by atoms with van der Waals surface area (Å²) in [5.41, 5.74) is -0.775. The topological polar surface area (TPSA) is 69.9 Å². The van der Waals surface area contributed by atoms with Crippen molar-refractivity contribution in [2.75, 3.05) is 0 Å². The molecule has 4 atom stereocenters. The molecule has 4 heteroatoms. The summed E-state index contributed by atoms with van der Waals surface area (Å²) in [6, 6.07) is 0. The van der Waals surface area contributed by atoms with Gasteiger partial charge in [-0.25, -0.2) is 4.89 Å². The average molecular weight is 338 g/mol. The maximum atomic E-state index is 10.5. The van der Waals surface area contributed by atoms with Crippen molar-refractivity contribution in [2.24, 2.45) is 11.8 Å². The van der Waals surface area contributed by atoms with E-state index in [1.807, 2.05) is 32.1 Å². The Morgan fingerprint density at radius 2 is 1.92 bits per heavy atom. The van der Waals surface area contributed by atoms with Gasteiger partial charge in [0.25, 0.3) is 0 Å². The summed E-state index contributed by atoms with van der Waals surface area (Å²) < 4.78 is 0. The fourth-order valence-corrected chi connectivity index (χ4v) is 3.04. The Balaban J connectivity index is 3.11. The Morgan fingerprint density at radius 3 is 2.50 bits per heavy atom. The van der Waals surface area contributed by atoms with Crippen LogP contribution in [0.3, 0.4) is 0 Å². The van der Waals surface area contributed by atoms with Crippen LogP contribution in [0.1, 0.15) is 60.3 Å². The second kappa shape index (κ2) is 8.95. The standard InChI is InChI=1S/C20H34O4/c1-15(2)17-8-11-19(4,22)14-18(21)13-16(3)7-6-10-20(5,24-23)12-9-17/h6,8,10-11,13,15,17-18,21-23H,7,9,12,14H2,1-5H3/b10-6+,11-8+,16-13+/t17-,18-,19+,20-/m0/s1. The SMILES string of the molecule is C/C1=C\[C@H](O)C[C@](C)(O)/C=C/[C@H](C(C)C)CC[C@@](C)(OO)/C=C/C1. The van der Waals surface area contributed by atoms with Crippen LogP contribution in [0.5, 0.6) is 0 Å². The molecule has 0 saturated heterocycles. The highest BCUT2D eigenvalue weighted by Gasteiger charge is 2.26. The molecule has 0 saturated carbocycles. The quantitative estimate of drug-likeness (QED) is 0.400. The van der Waals surface area contributed by atoms with Gasteiger partial charge in [0.1, 0.15) is 5.60 Å². The molecule has 0 aliphatic heterocycles. The van der Waals surface area contributed by atoms with E-state index in [-0.39, 0.29) is 12.3 Å². The van der Waals surface area contributed by atoms with E-state index in [9.17, 15) is 15.5 Å². The number of aliphatic hydroxyl groups excluding tert-OH is 1. The Labute approximate surface area is 146 Å². The lowest BCUT2D eigenvalue weighted by atomic mass is 9.84. The Morgan fingerprint density at radius 1 is 1.25 bits per heavy atom. The summed E-state index contributed by atoms with van der Waals surface area (Å²) >= 11 is 0. The van der Waals surface area contributed by atoms with Gasteiger partial charge in [-0.2, -0.15) is 0 Å². The molecule has 0 aromatic carbocycles. The van der Waals surface area contributed by atoms with E-state index >= 15 is 0 Å². The normalized spacial score (nSPS) is 41.3. The molecule has 0 heterocycles. The lowest BCUT2D eigenvalue weighted by molar-refractivity contribution is -0.304. The van der Waals surface area contributed by atoms with Gasteiger partial charge in [0.2, 0.25) is 0 Å². The number of hydrogen-bond donors (Lipinski definition) is 3. The molecule has 138 valence electrons. The summed E-state index contributed by atoms with van der Waals surface area (Å²) in [4.78, 5) is 4.73. The summed E-state index contributed by atoms with van der Waals surface area (Å²) in [6.45, 7) is 9.80. The molecule has 0 fully saturated rings. The maximum Gasteiger partial charge on any atom is 0.119 e. The molecule has 1 aliphatic rings. The minimum Gasteiger partial charge on any atom is -0.389 e. The highest BCUT2D eigenvalue weighted by molar-refractivity contribution is 5.12. The van der Waals surface area contributed by atoms with Crippen LogP contribution in [0.15, 0.2) is 36.0 Å². The molecule has 4 nitrogen and oxygen atoms in total. The molecule has 0 bridgehead atoms. The third-order valence-corrected chi connectivity index (χ3v) is 4.75. The van der Waals surface area contributed by atoms with E-state index in [1.54, 1.807) is 19.1 Å². The highest BCUT2D eigenvalue weighted by Crippen LogP contribution is 2.28. The lowest BCUT2D eigenvalue weighted by Gasteiger charge is -2.27. The van der Waals surface area contributed by atoms with Gasteiger partial charge in [-0.3, -0.25) is 5.26 Å². The lowest BCUT2D eigenvalue weighted by Crippen LogP contribution is -2.28. The van der Waals surface area contributed by atoms with Crippen LogP contribution >= 0.6 is 0 Å². The largest absolute Gasteiger partial charge is 0.389 e. The molecule has 1 aliphatic carbocycles. The number of aliphatic hydroxyl groups is 2. The third kappa shape index (κ3) is 7.31.